The molecule has 0 saturated carbocycles. The average molecular weight is 171 g/mol. The minimum absolute atomic E-state index is 0.520. The molecule has 0 N–H and O–H groups in total. The quantitative estimate of drug-likeness (QED) is 0.643. The summed E-state index contributed by atoms with van der Waals surface area (Å²) < 4.78 is 5.69. The van der Waals surface area contributed by atoms with Gasteiger partial charge in [0.15, 0.2) is 0 Å². The molecule has 0 aliphatic carbocycles. The van der Waals surface area contributed by atoms with E-state index < -0.39 is 0 Å². The van der Waals surface area contributed by atoms with Crippen LogP contribution in [0.1, 0.15) is 33.1 Å². The van der Waals surface area contributed by atoms with E-state index in [1.54, 1.807) is 0 Å². The SMILES string of the molecule is CCCN1CCOC(CC)CC1. The van der Waals surface area contributed by atoms with Crippen molar-refractivity contribution in [2.75, 3.05) is 26.2 Å². The molecule has 2 heteroatoms. The Balaban J connectivity index is 2.24. The van der Waals surface area contributed by atoms with Gasteiger partial charge in [0.25, 0.3) is 0 Å². The predicted octanol–water partition coefficient (Wildman–Crippen LogP) is 1.90. The third-order valence-corrected chi connectivity index (χ3v) is 2.52. The van der Waals surface area contributed by atoms with Crippen molar-refractivity contribution in [3.8, 4) is 0 Å². The van der Waals surface area contributed by atoms with Crippen LogP contribution < -0.4 is 0 Å². The van der Waals surface area contributed by atoms with Gasteiger partial charge in [-0.25, -0.2) is 0 Å². The second kappa shape index (κ2) is 5.55. The van der Waals surface area contributed by atoms with Gasteiger partial charge >= 0.3 is 0 Å². The van der Waals surface area contributed by atoms with Gasteiger partial charge in [0, 0.05) is 13.1 Å². The Morgan fingerprint density at radius 1 is 1.33 bits per heavy atom. The zero-order valence-electron chi connectivity index (χ0n) is 8.38. The fourth-order valence-corrected chi connectivity index (χ4v) is 1.73. The molecule has 0 aromatic carbocycles. The van der Waals surface area contributed by atoms with Crippen LogP contribution in [0.2, 0.25) is 0 Å². The highest BCUT2D eigenvalue weighted by molar-refractivity contribution is 4.66. The molecular formula is C10H21NO. The summed E-state index contributed by atoms with van der Waals surface area (Å²) in [7, 11) is 0. The van der Waals surface area contributed by atoms with Gasteiger partial charge in [-0.3, -0.25) is 0 Å². The van der Waals surface area contributed by atoms with Gasteiger partial charge in [0.1, 0.15) is 0 Å². The van der Waals surface area contributed by atoms with E-state index in [9.17, 15) is 0 Å². The molecule has 1 rings (SSSR count). The Kier molecular flexibility index (Phi) is 4.62. The normalized spacial score (nSPS) is 27.0. The standard InChI is InChI=1S/C10H21NO/c1-3-6-11-7-5-10(4-2)12-9-8-11/h10H,3-9H2,1-2H3. The molecule has 1 unspecified atom stereocenters. The third-order valence-electron chi connectivity index (χ3n) is 2.52. The number of hydrogen-bond acceptors (Lipinski definition) is 2. The van der Waals surface area contributed by atoms with E-state index in [0.29, 0.717) is 6.10 Å². The lowest BCUT2D eigenvalue weighted by atomic mass is 10.2. The van der Waals surface area contributed by atoms with Crippen molar-refractivity contribution in [3.05, 3.63) is 0 Å². The van der Waals surface area contributed by atoms with E-state index >= 15 is 0 Å². The Labute approximate surface area is 75.9 Å². The molecule has 0 aromatic heterocycles. The molecule has 0 radical (unpaired) electrons. The van der Waals surface area contributed by atoms with Crippen molar-refractivity contribution in [1.82, 2.24) is 4.90 Å². The predicted molar refractivity (Wildman–Crippen MR) is 51.4 cm³/mol. The summed E-state index contributed by atoms with van der Waals surface area (Å²) in [6.45, 7) is 8.97. The molecule has 1 saturated heterocycles. The van der Waals surface area contributed by atoms with Crippen molar-refractivity contribution in [2.45, 2.75) is 39.2 Å². The molecule has 1 atom stereocenters. The lowest BCUT2D eigenvalue weighted by Crippen LogP contribution is -2.27. The van der Waals surface area contributed by atoms with Gasteiger partial charge in [-0.05, 0) is 25.8 Å². The number of rotatable bonds is 3. The first-order valence-electron chi connectivity index (χ1n) is 5.20. The first-order valence-corrected chi connectivity index (χ1v) is 5.20. The van der Waals surface area contributed by atoms with Crippen molar-refractivity contribution in [3.63, 3.8) is 0 Å². The molecule has 1 heterocycles. The zero-order valence-corrected chi connectivity index (χ0v) is 8.38. The summed E-state index contributed by atoms with van der Waals surface area (Å²) in [6, 6.07) is 0. The van der Waals surface area contributed by atoms with E-state index in [1.165, 1.54) is 32.4 Å². The molecule has 12 heavy (non-hydrogen) atoms. The minimum Gasteiger partial charge on any atom is -0.377 e. The van der Waals surface area contributed by atoms with Crippen molar-refractivity contribution in [1.29, 1.82) is 0 Å². The highest BCUT2D eigenvalue weighted by atomic mass is 16.5. The highest BCUT2D eigenvalue weighted by Gasteiger charge is 2.14. The van der Waals surface area contributed by atoms with E-state index in [-0.39, 0.29) is 0 Å². The van der Waals surface area contributed by atoms with Crippen molar-refractivity contribution < 1.29 is 4.74 Å². The van der Waals surface area contributed by atoms with E-state index in [1.807, 2.05) is 0 Å². The average Bonchev–Trinajstić information content (AvgIpc) is 2.31. The number of nitrogens with zero attached hydrogens (tertiary/aromatic N) is 1. The molecule has 0 amide bonds. The Morgan fingerprint density at radius 2 is 2.17 bits per heavy atom. The van der Waals surface area contributed by atoms with Gasteiger partial charge in [-0.1, -0.05) is 13.8 Å². The maximum absolute atomic E-state index is 5.69. The van der Waals surface area contributed by atoms with Crippen molar-refractivity contribution in [2.24, 2.45) is 0 Å². The minimum atomic E-state index is 0.520. The van der Waals surface area contributed by atoms with Crippen LogP contribution in [0.15, 0.2) is 0 Å². The summed E-state index contributed by atoms with van der Waals surface area (Å²) >= 11 is 0. The summed E-state index contributed by atoms with van der Waals surface area (Å²) in [5.74, 6) is 0. The Morgan fingerprint density at radius 3 is 2.83 bits per heavy atom. The molecule has 0 spiro atoms. The molecular weight excluding hydrogens is 150 g/mol. The Bertz CT molecular complexity index is 116. The van der Waals surface area contributed by atoms with Gasteiger partial charge in [0.05, 0.1) is 12.7 Å². The monoisotopic (exact) mass is 171 g/mol. The van der Waals surface area contributed by atoms with E-state index in [0.717, 1.165) is 13.2 Å². The summed E-state index contributed by atoms with van der Waals surface area (Å²) in [6.07, 6.45) is 4.17. The lowest BCUT2D eigenvalue weighted by molar-refractivity contribution is 0.0598. The summed E-state index contributed by atoms with van der Waals surface area (Å²) in [5.41, 5.74) is 0. The highest BCUT2D eigenvalue weighted by Crippen LogP contribution is 2.09. The van der Waals surface area contributed by atoms with E-state index in [4.69, 9.17) is 4.74 Å². The van der Waals surface area contributed by atoms with E-state index in [2.05, 4.69) is 18.7 Å². The molecule has 72 valence electrons. The molecule has 2 nitrogen and oxygen atoms in total. The van der Waals surface area contributed by atoms with Crippen LogP contribution in [-0.2, 0) is 4.74 Å². The molecule has 0 bridgehead atoms. The maximum atomic E-state index is 5.69. The molecule has 1 aliphatic rings. The van der Waals surface area contributed by atoms with Crippen LogP contribution in [0.5, 0.6) is 0 Å². The van der Waals surface area contributed by atoms with Crippen LogP contribution in [0.4, 0.5) is 0 Å². The first-order chi connectivity index (χ1) is 5.86. The first kappa shape index (κ1) is 10.0. The van der Waals surface area contributed by atoms with Crippen LogP contribution in [0.3, 0.4) is 0 Å². The second-order valence-electron chi connectivity index (χ2n) is 3.53. The molecule has 1 fully saturated rings. The maximum Gasteiger partial charge on any atom is 0.0597 e. The van der Waals surface area contributed by atoms with Crippen LogP contribution in [0, 0.1) is 0 Å². The topological polar surface area (TPSA) is 12.5 Å². The smallest absolute Gasteiger partial charge is 0.0597 e. The largest absolute Gasteiger partial charge is 0.377 e. The van der Waals surface area contributed by atoms with Crippen molar-refractivity contribution >= 4 is 0 Å². The fraction of sp³-hybridized carbons (Fsp3) is 1.00. The van der Waals surface area contributed by atoms with Crippen LogP contribution >= 0.6 is 0 Å². The number of ether oxygens (including phenoxy) is 1. The molecule has 0 aromatic rings. The van der Waals surface area contributed by atoms with Crippen LogP contribution in [-0.4, -0.2) is 37.2 Å². The number of hydrogen-bond donors (Lipinski definition) is 0. The second-order valence-corrected chi connectivity index (χ2v) is 3.53. The summed E-state index contributed by atoms with van der Waals surface area (Å²) in [5, 5.41) is 0. The third kappa shape index (κ3) is 3.11. The van der Waals surface area contributed by atoms with Gasteiger partial charge in [0.2, 0.25) is 0 Å². The zero-order chi connectivity index (χ0) is 8.81. The van der Waals surface area contributed by atoms with Gasteiger partial charge in [-0.15, -0.1) is 0 Å². The lowest BCUT2D eigenvalue weighted by Gasteiger charge is -2.17. The Hall–Kier alpha value is -0.0800. The summed E-state index contributed by atoms with van der Waals surface area (Å²) in [4.78, 5) is 2.51. The fourth-order valence-electron chi connectivity index (χ4n) is 1.73. The van der Waals surface area contributed by atoms with Gasteiger partial charge in [-0.2, -0.15) is 0 Å². The van der Waals surface area contributed by atoms with Gasteiger partial charge < -0.3 is 9.64 Å². The molecule has 1 aliphatic heterocycles. The van der Waals surface area contributed by atoms with Crippen LogP contribution in [0.25, 0.3) is 0 Å².